The number of nitrogens with zero attached hydrogens (tertiary/aromatic N) is 1. The van der Waals surface area contributed by atoms with Crippen molar-refractivity contribution in [2.75, 3.05) is 19.6 Å². The molecule has 1 fully saturated rings. The van der Waals surface area contributed by atoms with E-state index in [2.05, 4.69) is 12.2 Å². The van der Waals surface area contributed by atoms with Crippen LogP contribution < -0.4 is 5.32 Å². The third kappa shape index (κ3) is 4.50. The maximum Gasteiger partial charge on any atom is 0.222 e. The molecular formula is C17H24F2N2O. The zero-order chi connectivity index (χ0) is 15.9. The van der Waals surface area contributed by atoms with Crippen molar-refractivity contribution in [1.82, 2.24) is 10.2 Å². The van der Waals surface area contributed by atoms with Crippen LogP contribution in [0.1, 0.15) is 38.2 Å². The summed E-state index contributed by atoms with van der Waals surface area (Å²) in [7, 11) is 0. The zero-order valence-corrected chi connectivity index (χ0v) is 13.1. The van der Waals surface area contributed by atoms with Gasteiger partial charge >= 0.3 is 0 Å². The summed E-state index contributed by atoms with van der Waals surface area (Å²) >= 11 is 0. The molecule has 1 aromatic carbocycles. The van der Waals surface area contributed by atoms with Gasteiger partial charge in [-0.2, -0.15) is 0 Å². The lowest BCUT2D eigenvalue weighted by atomic mass is 10.1. The van der Waals surface area contributed by atoms with Crippen molar-refractivity contribution in [3.05, 3.63) is 35.4 Å². The molecule has 0 spiro atoms. The van der Waals surface area contributed by atoms with E-state index in [-0.39, 0.29) is 5.91 Å². The Labute approximate surface area is 130 Å². The third-order valence-corrected chi connectivity index (χ3v) is 4.10. The molecule has 22 heavy (non-hydrogen) atoms. The van der Waals surface area contributed by atoms with Gasteiger partial charge in [0.15, 0.2) is 11.6 Å². The summed E-state index contributed by atoms with van der Waals surface area (Å²) in [5.74, 6) is -1.49. The summed E-state index contributed by atoms with van der Waals surface area (Å²) in [5.41, 5.74) is 0.733. The lowest BCUT2D eigenvalue weighted by molar-refractivity contribution is -0.133. The first-order valence-electron chi connectivity index (χ1n) is 8.06. The molecule has 0 aliphatic carbocycles. The van der Waals surface area contributed by atoms with Gasteiger partial charge in [0.1, 0.15) is 0 Å². The minimum absolute atomic E-state index is 0.165. The molecule has 3 nitrogen and oxygen atoms in total. The fraction of sp³-hybridized carbons (Fsp3) is 0.588. The maximum absolute atomic E-state index is 13.1. The van der Waals surface area contributed by atoms with Gasteiger partial charge in [-0.25, -0.2) is 8.78 Å². The first kappa shape index (κ1) is 16.9. The van der Waals surface area contributed by atoms with Crippen LogP contribution in [-0.2, 0) is 11.2 Å². The number of aryl methyl sites for hydroxylation is 1. The van der Waals surface area contributed by atoms with Gasteiger partial charge < -0.3 is 10.2 Å². The zero-order valence-electron chi connectivity index (χ0n) is 13.1. The van der Waals surface area contributed by atoms with Gasteiger partial charge in [0, 0.05) is 25.6 Å². The van der Waals surface area contributed by atoms with Crippen LogP contribution in [0.4, 0.5) is 8.78 Å². The Hall–Kier alpha value is -1.49. The first-order valence-corrected chi connectivity index (χ1v) is 8.06. The van der Waals surface area contributed by atoms with Gasteiger partial charge in [-0.15, -0.1) is 0 Å². The van der Waals surface area contributed by atoms with Crippen molar-refractivity contribution in [3.63, 3.8) is 0 Å². The Morgan fingerprint density at radius 1 is 1.36 bits per heavy atom. The van der Waals surface area contributed by atoms with E-state index in [0.717, 1.165) is 44.1 Å². The average Bonchev–Trinajstić information content (AvgIpc) is 3.02. The number of halogens is 2. The molecule has 1 unspecified atom stereocenters. The molecule has 0 saturated carbocycles. The van der Waals surface area contributed by atoms with E-state index < -0.39 is 11.6 Å². The highest BCUT2D eigenvalue weighted by atomic mass is 19.2. The molecule has 1 aromatic rings. The molecule has 1 aliphatic rings. The lowest BCUT2D eigenvalue weighted by Gasteiger charge is -2.28. The second-order valence-corrected chi connectivity index (χ2v) is 5.84. The highest BCUT2D eigenvalue weighted by Gasteiger charge is 2.25. The molecule has 1 atom stereocenters. The van der Waals surface area contributed by atoms with Crippen LogP contribution >= 0.6 is 0 Å². The summed E-state index contributed by atoms with van der Waals surface area (Å²) in [6, 6.07) is 4.23. The molecule has 1 aliphatic heterocycles. The van der Waals surface area contributed by atoms with Crippen molar-refractivity contribution in [1.29, 1.82) is 0 Å². The van der Waals surface area contributed by atoms with Crippen LogP contribution in [0.2, 0.25) is 0 Å². The van der Waals surface area contributed by atoms with E-state index in [4.69, 9.17) is 0 Å². The second kappa shape index (κ2) is 8.22. The average molecular weight is 310 g/mol. The van der Waals surface area contributed by atoms with E-state index >= 15 is 0 Å². The molecule has 122 valence electrons. The lowest BCUT2D eigenvalue weighted by Crippen LogP contribution is -2.42. The Morgan fingerprint density at radius 2 is 2.18 bits per heavy atom. The summed E-state index contributed by atoms with van der Waals surface area (Å²) in [4.78, 5) is 14.4. The van der Waals surface area contributed by atoms with Gasteiger partial charge in [0.05, 0.1) is 0 Å². The largest absolute Gasteiger partial charge is 0.338 e. The molecule has 0 aromatic heterocycles. The maximum atomic E-state index is 13.1. The van der Waals surface area contributed by atoms with Crippen LogP contribution in [0.5, 0.6) is 0 Å². The standard InChI is InChI=1S/C17H24F2N2O/c1-2-10-21(14-8-9-20-12-14)17(22)5-3-4-13-6-7-15(18)16(19)11-13/h6-7,11,14,20H,2-5,8-10,12H2,1H3. The van der Waals surface area contributed by atoms with Gasteiger partial charge in [-0.1, -0.05) is 13.0 Å². The third-order valence-electron chi connectivity index (χ3n) is 4.10. The van der Waals surface area contributed by atoms with E-state index in [1.165, 1.54) is 6.07 Å². The predicted octanol–water partition coefficient (Wildman–Crippen LogP) is 2.89. The Bertz CT molecular complexity index is 501. The Kier molecular flexibility index (Phi) is 6.31. The number of amides is 1. The Morgan fingerprint density at radius 3 is 2.82 bits per heavy atom. The van der Waals surface area contributed by atoms with Gasteiger partial charge in [-0.05, 0) is 49.9 Å². The number of carbonyl (C=O) groups is 1. The number of benzene rings is 1. The molecule has 1 saturated heterocycles. The van der Waals surface area contributed by atoms with E-state index in [1.54, 1.807) is 6.07 Å². The number of hydrogen-bond donors (Lipinski definition) is 1. The molecule has 5 heteroatoms. The van der Waals surface area contributed by atoms with E-state index in [9.17, 15) is 13.6 Å². The quantitative estimate of drug-likeness (QED) is 0.840. The van der Waals surface area contributed by atoms with Gasteiger partial charge in [0.25, 0.3) is 0 Å². The molecule has 2 rings (SSSR count). The van der Waals surface area contributed by atoms with Crippen LogP contribution in [0, 0.1) is 11.6 Å². The minimum atomic E-state index is -0.831. The van der Waals surface area contributed by atoms with Crippen molar-refractivity contribution in [2.24, 2.45) is 0 Å². The molecule has 0 bridgehead atoms. The molecule has 1 amide bonds. The normalized spacial score (nSPS) is 17.7. The van der Waals surface area contributed by atoms with E-state index in [0.29, 0.717) is 25.3 Å². The van der Waals surface area contributed by atoms with Crippen molar-refractivity contribution in [3.8, 4) is 0 Å². The monoisotopic (exact) mass is 310 g/mol. The summed E-state index contributed by atoms with van der Waals surface area (Å²) in [6.45, 7) is 4.70. The fourth-order valence-electron chi connectivity index (χ4n) is 2.94. The van der Waals surface area contributed by atoms with Gasteiger partial charge in [-0.3, -0.25) is 4.79 Å². The van der Waals surface area contributed by atoms with Crippen LogP contribution in [0.25, 0.3) is 0 Å². The molecular weight excluding hydrogens is 286 g/mol. The van der Waals surface area contributed by atoms with Crippen LogP contribution in [-0.4, -0.2) is 36.5 Å². The topological polar surface area (TPSA) is 32.3 Å². The van der Waals surface area contributed by atoms with E-state index in [1.807, 2.05) is 4.90 Å². The SMILES string of the molecule is CCCN(C(=O)CCCc1ccc(F)c(F)c1)C1CCNC1. The summed E-state index contributed by atoms with van der Waals surface area (Å²) in [6.07, 6.45) is 3.66. The molecule has 1 heterocycles. The minimum Gasteiger partial charge on any atom is -0.338 e. The summed E-state index contributed by atoms with van der Waals surface area (Å²) in [5, 5.41) is 3.29. The smallest absolute Gasteiger partial charge is 0.222 e. The predicted molar refractivity (Wildman–Crippen MR) is 82.6 cm³/mol. The Balaban J connectivity index is 1.83. The summed E-state index contributed by atoms with van der Waals surface area (Å²) < 4.78 is 26.0. The number of carbonyl (C=O) groups excluding carboxylic acids is 1. The molecule has 0 radical (unpaired) electrons. The number of rotatable bonds is 7. The second-order valence-electron chi connectivity index (χ2n) is 5.84. The van der Waals surface area contributed by atoms with Crippen molar-refractivity contribution >= 4 is 5.91 Å². The van der Waals surface area contributed by atoms with Gasteiger partial charge in [0.2, 0.25) is 5.91 Å². The number of hydrogen-bond acceptors (Lipinski definition) is 2. The number of nitrogens with one attached hydrogen (secondary N) is 1. The van der Waals surface area contributed by atoms with Crippen LogP contribution in [0.3, 0.4) is 0 Å². The van der Waals surface area contributed by atoms with Crippen molar-refractivity contribution < 1.29 is 13.6 Å². The highest BCUT2D eigenvalue weighted by molar-refractivity contribution is 5.76. The molecule has 1 N–H and O–H groups in total. The van der Waals surface area contributed by atoms with Crippen molar-refractivity contribution in [2.45, 2.75) is 45.1 Å². The first-order chi connectivity index (χ1) is 10.6. The highest BCUT2D eigenvalue weighted by Crippen LogP contribution is 2.14. The fourth-order valence-corrected chi connectivity index (χ4v) is 2.94. The van der Waals surface area contributed by atoms with Crippen LogP contribution in [0.15, 0.2) is 18.2 Å².